The molecule has 0 atom stereocenters. The molecule has 0 unspecified atom stereocenters. The summed E-state index contributed by atoms with van der Waals surface area (Å²) in [5.41, 5.74) is 6.30. The second kappa shape index (κ2) is 8.29. The molecule has 0 bridgehead atoms. The van der Waals surface area contributed by atoms with E-state index < -0.39 is 18.5 Å². The number of nitrogens with two attached hydrogens (primary N) is 1. The first-order valence-corrected chi connectivity index (χ1v) is 8.00. The molecule has 0 saturated carbocycles. The Hall–Kier alpha value is -2.15. The minimum atomic E-state index is -0.781. The van der Waals surface area contributed by atoms with Crippen LogP contribution in [0.15, 0.2) is 30.3 Å². The summed E-state index contributed by atoms with van der Waals surface area (Å²) in [7, 11) is 1.37. The first-order valence-electron chi connectivity index (χ1n) is 6.87. The molecule has 2 aromatic rings. The highest BCUT2D eigenvalue weighted by Gasteiger charge is 2.18. The van der Waals surface area contributed by atoms with Gasteiger partial charge in [0.15, 0.2) is 6.61 Å². The van der Waals surface area contributed by atoms with Crippen molar-refractivity contribution in [2.75, 3.05) is 24.8 Å². The predicted molar refractivity (Wildman–Crippen MR) is 97.8 cm³/mol. The van der Waals surface area contributed by atoms with Gasteiger partial charge in [-0.2, -0.15) is 0 Å². The van der Waals surface area contributed by atoms with Crippen LogP contribution in [0.25, 0.3) is 0 Å². The molecule has 1 amide bonds. The van der Waals surface area contributed by atoms with E-state index in [-0.39, 0.29) is 27.0 Å². The van der Waals surface area contributed by atoms with E-state index >= 15 is 0 Å². The van der Waals surface area contributed by atoms with Crippen molar-refractivity contribution in [3.05, 3.63) is 51.0 Å². The molecule has 9 heteroatoms. The molecule has 0 aliphatic carbocycles. The molecule has 6 nitrogen and oxygen atoms in total. The molecule has 0 fully saturated rings. The number of methoxy groups -OCH3 is 1. The Morgan fingerprint density at radius 1 is 1.12 bits per heavy atom. The molecule has 2 aromatic carbocycles. The molecule has 0 saturated heterocycles. The Balaban J connectivity index is 2.02. The van der Waals surface area contributed by atoms with Crippen molar-refractivity contribution < 1.29 is 19.1 Å². The quantitative estimate of drug-likeness (QED) is 0.581. The van der Waals surface area contributed by atoms with Gasteiger partial charge >= 0.3 is 5.97 Å². The van der Waals surface area contributed by atoms with Gasteiger partial charge < -0.3 is 20.5 Å². The Morgan fingerprint density at radius 3 is 2.48 bits per heavy atom. The Bertz CT molecular complexity index is 827. The fourth-order valence-electron chi connectivity index (χ4n) is 1.88. The van der Waals surface area contributed by atoms with Crippen LogP contribution >= 0.6 is 34.8 Å². The molecule has 2 rings (SSSR count). The van der Waals surface area contributed by atoms with E-state index in [4.69, 9.17) is 50.0 Å². The van der Waals surface area contributed by atoms with Gasteiger partial charge in [-0.1, -0.05) is 34.8 Å². The van der Waals surface area contributed by atoms with E-state index in [0.717, 1.165) is 0 Å². The summed E-state index contributed by atoms with van der Waals surface area (Å²) in [6, 6.07) is 7.29. The minimum absolute atomic E-state index is 0.0547. The van der Waals surface area contributed by atoms with Crippen molar-refractivity contribution in [2.45, 2.75) is 0 Å². The number of halogens is 3. The summed E-state index contributed by atoms with van der Waals surface area (Å²) in [5, 5.41) is 3.38. The van der Waals surface area contributed by atoms with Crippen molar-refractivity contribution in [1.82, 2.24) is 0 Å². The van der Waals surface area contributed by atoms with Crippen LogP contribution in [0.4, 0.5) is 11.4 Å². The van der Waals surface area contributed by atoms with Gasteiger partial charge in [0.1, 0.15) is 11.3 Å². The number of ether oxygens (including phenoxy) is 2. The first-order chi connectivity index (χ1) is 11.8. The van der Waals surface area contributed by atoms with Crippen molar-refractivity contribution in [3.63, 3.8) is 0 Å². The van der Waals surface area contributed by atoms with E-state index in [0.29, 0.717) is 10.7 Å². The fourth-order valence-corrected chi connectivity index (χ4v) is 2.50. The van der Waals surface area contributed by atoms with E-state index in [1.165, 1.54) is 31.4 Å². The molecule has 132 valence electrons. The average Bonchev–Trinajstić information content (AvgIpc) is 2.57. The normalized spacial score (nSPS) is 10.2. The summed E-state index contributed by atoms with van der Waals surface area (Å²) in [4.78, 5) is 24.0. The van der Waals surface area contributed by atoms with Crippen LogP contribution in [-0.2, 0) is 9.53 Å². The van der Waals surface area contributed by atoms with Crippen LogP contribution in [0.5, 0.6) is 5.75 Å². The maximum absolute atomic E-state index is 12.1. The van der Waals surface area contributed by atoms with Crippen LogP contribution < -0.4 is 15.8 Å². The summed E-state index contributed by atoms with van der Waals surface area (Å²) >= 11 is 17.6. The SMILES string of the molecule is COc1cc(N)c(Cl)cc1C(=O)OCC(=O)Nc1ccc(Cl)cc1Cl. The van der Waals surface area contributed by atoms with Crippen molar-refractivity contribution in [3.8, 4) is 5.75 Å². The van der Waals surface area contributed by atoms with Gasteiger partial charge in [0.05, 0.1) is 28.5 Å². The lowest BCUT2D eigenvalue weighted by Crippen LogP contribution is -2.21. The molecule has 0 heterocycles. The van der Waals surface area contributed by atoms with E-state index in [1.54, 1.807) is 6.07 Å². The van der Waals surface area contributed by atoms with Gasteiger partial charge in [0, 0.05) is 11.1 Å². The number of nitrogen functional groups attached to an aromatic ring is 1. The summed E-state index contributed by atoms with van der Waals surface area (Å²) in [5.74, 6) is -1.16. The van der Waals surface area contributed by atoms with Gasteiger partial charge in [-0.05, 0) is 24.3 Å². The third-order valence-electron chi connectivity index (χ3n) is 3.08. The number of carbonyl (C=O) groups is 2. The van der Waals surface area contributed by atoms with Crippen LogP contribution in [0, 0.1) is 0 Å². The van der Waals surface area contributed by atoms with Gasteiger partial charge in [-0.25, -0.2) is 4.79 Å². The molecular weight excluding hydrogens is 391 g/mol. The standard InChI is InChI=1S/C16H13Cl3N2O4/c1-24-14-6-12(20)10(18)5-9(14)16(23)25-7-15(22)21-13-3-2-8(17)4-11(13)19/h2-6H,7,20H2,1H3,(H,21,22). The number of hydrogen-bond acceptors (Lipinski definition) is 5. The predicted octanol–water partition coefficient (Wildman–Crippen LogP) is 4.03. The second-order valence-corrected chi connectivity index (χ2v) is 6.07. The molecule has 0 radical (unpaired) electrons. The highest BCUT2D eigenvalue weighted by Crippen LogP contribution is 2.29. The van der Waals surface area contributed by atoms with Crippen molar-refractivity contribution >= 4 is 58.1 Å². The molecule has 0 aromatic heterocycles. The molecule has 0 spiro atoms. The Labute approximate surface area is 158 Å². The molecule has 0 aliphatic heterocycles. The van der Waals surface area contributed by atoms with Gasteiger partial charge in [-0.3, -0.25) is 4.79 Å². The Kier molecular flexibility index (Phi) is 6.36. The third kappa shape index (κ3) is 4.92. The Morgan fingerprint density at radius 2 is 1.84 bits per heavy atom. The van der Waals surface area contributed by atoms with Gasteiger partial charge in [0.25, 0.3) is 5.91 Å². The largest absolute Gasteiger partial charge is 0.496 e. The molecule has 25 heavy (non-hydrogen) atoms. The number of anilines is 2. The van der Waals surface area contributed by atoms with Crippen LogP contribution in [0.3, 0.4) is 0 Å². The lowest BCUT2D eigenvalue weighted by atomic mass is 10.2. The summed E-state index contributed by atoms with van der Waals surface area (Å²) < 4.78 is 10.0. The van der Waals surface area contributed by atoms with E-state index in [2.05, 4.69) is 5.32 Å². The first kappa shape index (κ1) is 19.2. The minimum Gasteiger partial charge on any atom is -0.496 e. The van der Waals surface area contributed by atoms with Crippen molar-refractivity contribution in [1.29, 1.82) is 0 Å². The molecule has 3 N–H and O–H groups in total. The zero-order valence-electron chi connectivity index (χ0n) is 12.9. The highest BCUT2D eigenvalue weighted by molar-refractivity contribution is 6.36. The zero-order valence-corrected chi connectivity index (χ0v) is 15.2. The fraction of sp³-hybridized carbons (Fsp3) is 0.125. The third-order valence-corrected chi connectivity index (χ3v) is 3.95. The lowest BCUT2D eigenvalue weighted by molar-refractivity contribution is -0.119. The van der Waals surface area contributed by atoms with Crippen LogP contribution in [-0.4, -0.2) is 25.6 Å². The number of nitrogens with one attached hydrogen (secondary N) is 1. The second-order valence-electron chi connectivity index (χ2n) is 4.82. The van der Waals surface area contributed by atoms with Gasteiger partial charge in [-0.15, -0.1) is 0 Å². The number of rotatable bonds is 5. The van der Waals surface area contributed by atoms with Gasteiger partial charge in [0.2, 0.25) is 0 Å². The van der Waals surface area contributed by atoms with E-state index in [1.807, 2.05) is 0 Å². The van der Waals surface area contributed by atoms with E-state index in [9.17, 15) is 9.59 Å². The highest BCUT2D eigenvalue weighted by atomic mass is 35.5. The van der Waals surface area contributed by atoms with Crippen molar-refractivity contribution in [2.24, 2.45) is 0 Å². The van der Waals surface area contributed by atoms with Crippen LogP contribution in [0.2, 0.25) is 15.1 Å². The number of carbonyl (C=O) groups excluding carboxylic acids is 2. The lowest BCUT2D eigenvalue weighted by Gasteiger charge is -2.11. The monoisotopic (exact) mass is 402 g/mol. The average molecular weight is 404 g/mol. The zero-order chi connectivity index (χ0) is 18.6. The smallest absolute Gasteiger partial charge is 0.342 e. The number of benzene rings is 2. The summed E-state index contributed by atoms with van der Waals surface area (Å²) in [6.45, 7) is -0.525. The number of amides is 1. The summed E-state index contributed by atoms with van der Waals surface area (Å²) in [6.07, 6.45) is 0. The molecule has 0 aliphatic rings. The maximum atomic E-state index is 12.1. The topological polar surface area (TPSA) is 90.7 Å². The maximum Gasteiger partial charge on any atom is 0.342 e. The number of esters is 1. The van der Waals surface area contributed by atoms with Crippen LogP contribution in [0.1, 0.15) is 10.4 Å². The number of hydrogen-bond donors (Lipinski definition) is 2. The molecular formula is C16H13Cl3N2O4.